The highest BCUT2D eigenvalue weighted by molar-refractivity contribution is 7.85. The first-order valence-corrected chi connectivity index (χ1v) is 6.57. The van der Waals surface area contributed by atoms with Gasteiger partial charge in [-0.25, -0.2) is 5.10 Å². The van der Waals surface area contributed by atoms with Crippen LogP contribution < -0.4 is 10.3 Å². The smallest absolute Gasteiger partial charge is 0.294 e. The Balaban J connectivity index is 0.00000200. The van der Waals surface area contributed by atoms with Gasteiger partial charge in [-0.05, 0) is 12.1 Å². The second kappa shape index (κ2) is 5.82. The van der Waals surface area contributed by atoms with Crippen LogP contribution in [0.4, 0.5) is 0 Å². The number of aromatic amines is 1. The summed E-state index contributed by atoms with van der Waals surface area (Å²) in [5.41, 5.74) is 0.224. The quantitative estimate of drug-likeness (QED) is 0.756. The van der Waals surface area contributed by atoms with Crippen molar-refractivity contribution in [3.8, 4) is 17.0 Å². The number of nitrogens with zero attached hydrogens (tertiary/aromatic N) is 1. The second-order valence-corrected chi connectivity index (χ2v) is 5.07. The van der Waals surface area contributed by atoms with Gasteiger partial charge in [0.25, 0.3) is 15.7 Å². The van der Waals surface area contributed by atoms with Crippen LogP contribution in [0.15, 0.2) is 40.0 Å². The summed E-state index contributed by atoms with van der Waals surface area (Å²) in [5, 5.41) is 6.04. The van der Waals surface area contributed by atoms with Crippen molar-refractivity contribution in [1.29, 1.82) is 0 Å². The summed E-state index contributed by atoms with van der Waals surface area (Å²) in [4.78, 5) is 10.9. The molecule has 1 aromatic carbocycles. The number of hydrogen-bond acceptors (Lipinski definition) is 5. The topological polar surface area (TPSA) is 141 Å². The van der Waals surface area contributed by atoms with Crippen LogP contribution in [0.25, 0.3) is 11.3 Å². The Morgan fingerprint density at radius 2 is 2.00 bits per heavy atom. The summed E-state index contributed by atoms with van der Waals surface area (Å²) in [6.07, 6.45) is 0. The lowest BCUT2D eigenvalue weighted by atomic mass is 10.1. The minimum absolute atomic E-state index is 0. The molecule has 108 valence electrons. The second-order valence-electron chi connectivity index (χ2n) is 3.65. The van der Waals surface area contributed by atoms with Crippen LogP contribution in [-0.2, 0) is 10.1 Å². The molecule has 0 aliphatic heterocycles. The number of methoxy groups -OCH3 is 1. The third-order valence-electron chi connectivity index (χ3n) is 2.40. The summed E-state index contributed by atoms with van der Waals surface area (Å²) in [5.74, 6) is 0.205. The van der Waals surface area contributed by atoms with Crippen molar-refractivity contribution in [1.82, 2.24) is 10.2 Å². The van der Waals surface area contributed by atoms with E-state index in [-0.39, 0.29) is 21.8 Å². The molecular weight excluding hydrogens is 288 g/mol. The molecule has 0 amide bonds. The third kappa shape index (κ3) is 3.20. The van der Waals surface area contributed by atoms with E-state index in [1.54, 1.807) is 6.07 Å². The Labute approximate surface area is 114 Å². The lowest BCUT2D eigenvalue weighted by Crippen LogP contribution is -2.08. The molecule has 0 fully saturated rings. The van der Waals surface area contributed by atoms with Gasteiger partial charge in [-0.1, -0.05) is 12.1 Å². The Bertz CT molecular complexity index is 768. The summed E-state index contributed by atoms with van der Waals surface area (Å²) in [6.45, 7) is 0. The van der Waals surface area contributed by atoms with E-state index in [4.69, 9.17) is 9.29 Å². The molecule has 0 unspecified atom stereocenters. The maximum absolute atomic E-state index is 11.1. The molecular formula is C11H12N2O6S. The number of benzene rings is 1. The lowest BCUT2D eigenvalue weighted by molar-refractivity contribution is 0.413. The Morgan fingerprint density at radius 3 is 2.60 bits per heavy atom. The maximum atomic E-state index is 11.1. The molecule has 1 aromatic heterocycles. The molecule has 0 atom stereocenters. The molecule has 0 saturated heterocycles. The summed E-state index contributed by atoms with van der Waals surface area (Å²) >= 11 is 0. The number of nitrogens with one attached hydrogen (secondary N) is 1. The summed E-state index contributed by atoms with van der Waals surface area (Å²) in [7, 11) is -2.93. The van der Waals surface area contributed by atoms with E-state index in [0.29, 0.717) is 5.56 Å². The van der Waals surface area contributed by atoms with Gasteiger partial charge in [0, 0.05) is 11.6 Å². The first-order valence-electron chi connectivity index (χ1n) is 5.13. The highest BCUT2D eigenvalue weighted by Gasteiger charge is 2.13. The van der Waals surface area contributed by atoms with Crippen LogP contribution in [0.2, 0.25) is 0 Å². The molecule has 2 rings (SSSR count). The molecule has 0 aliphatic carbocycles. The number of H-pyrrole nitrogens is 1. The third-order valence-corrected chi connectivity index (χ3v) is 3.25. The molecule has 0 spiro atoms. The van der Waals surface area contributed by atoms with Crippen molar-refractivity contribution in [2.24, 2.45) is 0 Å². The van der Waals surface area contributed by atoms with Gasteiger partial charge in [0.2, 0.25) is 0 Å². The van der Waals surface area contributed by atoms with Crippen LogP contribution in [0.5, 0.6) is 5.75 Å². The van der Waals surface area contributed by atoms with E-state index in [2.05, 4.69) is 10.2 Å². The fraction of sp³-hybridized carbons (Fsp3) is 0.0909. The zero-order chi connectivity index (χ0) is 14.0. The molecule has 0 saturated carbocycles. The zero-order valence-corrected chi connectivity index (χ0v) is 11.1. The van der Waals surface area contributed by atoms with Crippen molar-refractivity contribution < 1.29 is 23.2 Å². The lowest BCUT2D eigenvalue weighted by Gasteiger charge is -2.07. The molecule has 0 bridgehead atoms. The van der Waals surface area contributed by atoms with Gasteiger partial charge in [0.1, 0.15) is 5.69 Å². The number of ether oxygens (including phenoxy) is 1. The van der Waals surface area contributed by atoms with Crippen LogP contribution in [0, 0.1) is 0 Å². The predicted molar refractivity (Wildman–Crippen MR) is 70.3 cm³/mol. The average Bonchev–Trinajstić information content (AvgIpc) is 2.37. The molecule has 20 heavy (non-hydrogen) atoms. The predicted octanol–water partition coefficient (Wildman–Crippen LogP) is -0.133. The SMILES string of the molecule is COc1cc(=O)[nH]nc1-c1cccc(S(=O)(=O)O)c1.O. The highest BCUT2D eigenvalue weighted by Crippen LogP contribution is 2.27. The van der Waals surface area contributed by atoms with E-state index in [1.807, 2.05) is 0 Å². The minimum Gasteiger partial charge on any atom is -0.494 e. The Hall–Kier alpha value is -2.23. The van der Waals surface area contributed by atoms with Crippen molar-refractivity contribution in [3.05, 3.63) is 40.7 Å². The normalized spacial score (nSPS) is 10.7. The van der Waals surface area contributed by atoms with Gasteiger partial charge >= 0.3 is 0 Å². The van der Waals surface area contributed by atoms with E-state index in [1.165, 1.54) is 31.4 Å². The van der Waals surface area contributed by atoms with Gasteiger partial charge in [-0.2, -0.15) is 13.5 Å². The van der Waals surface area contributed by atoms with E-state index in [9.17, 15) is 13.2 Å². The molecule has 1 heterocycles. The number of aromatic nitrogens is 2. The summed E-state index contributed by atoms with van der Waals surface area (Å²) < 4.78 is 36.1. The number of hydrogen-bond donors (Lipinski definition) is 2. The Kier molecular flexibility index (Phi) is 4.61. The van der Waals surface area contributed by atoms with Crippen LogP contribution in [0.3, 0.4) is 0 Å². The van der Waals surface area contributed by atoms with E-state index in [0.717, 1.165) is 0 Å². The number of rotatable bonds is 3. The van der Waals surface area contributed by atoms with Gasteiger partial charge in [0.15, 0.2) is 5.75 Å². The standard InChI is InChI=1S/C11H10N2O5S.H2O/c1-18-9-6-10(14)12-13-11(9)7-3-2-4-8(5-7)19(15,16)17;/h2-6H,1H3,(H,12,14)(H,15,16,17);1H2. The fourth-order valence-corrected chi connectivity index (χ4v) is 2.08. The van der Waals surface area contributed by atoms with E-state index < -0.39 is 15.7 Å². The molecule has 8 nitrogen and oxygen atoms in total. The average molecular weight is 300 g/mol. The minimum atomic E-state index is -4.30. The van der Waals surface area contributed by atoms with Crippen LogP contribution in [-0.4, -0.2) is 35.8 Å². The molecule has 9 heteroatoms. The monoisotopic (exact) mass is 300 g/mol. The largest absolute Gasteiger partial charge is 0.494 e. The molecule has 0 aliphatic rings. The van der Waals surface area contributed by atoms with Crippen molar-refractivity contribution >= 4 is 10.1 Å². The molecule has 2 aromatic rings. The first-order chi connectivity index (χ1) is 8.91. The molecule has 0 radical (unpaired) electrons. The van der Waals surface area contributed by atoms with Gasteiger partial charge in [-0.15, -0.1) is 0 Å². The fourth-order valence-electron chi connectivity index (χ4n) is 1.55. The van der Waals surface area contributed by atoms with E-state index >= 15 is 0 Å². The van der Waals surface area contributed by atoms with Crippen LogP contribution >= 0.6 is 0 Å². The highest BCUT2D eigenvalue weighted by atomic mass is 32.2. The van der Waals surface area contributed by atoms with Gasteiger partial charge in [0.05, 0.1) is 12.0 Å². The Morgan fingerprint density at radius 1 is 1.30 bits per heavy atom. The summed E-state index contributed by atoms with van der Waals surface area (Å²) in [6, 6.07) is 6.71. The van der Waals surface area contributed by atoms with Gasteiger partial charge < -0.3 is 10.2 Å². The first kappa shape index (κ1) is 15.8. The van der Waals surface area contributed by atoms with Crippen molar-refractivity contribution in [2.45, 2.75) is 4.90 Å². The zero-order valence-electron chi connectivity index (χ0n) is 10.3. The van der Waals surface area contributed by atoms with Crippen molar-refractivity contribution in [2.75, 3.05) is 7.11 Å². The van der Waals surface area contributed by atoms with Gasteiger partial charge in [-0.3, -0.25) is 9.35 Å². The molecule has 4 N–H and O–H groups in total. The van der Waals surface area contributed by atoms with Crippen molar-refractivity contribution in [3.63, 3.8) is 0 Å². The van der Waals surface area contributed by atoms with Crippen LogP contribution in [0.1, 0.15) is 0 Å². The maximum Gasteiger partial charge on any atom is 0.294 e.